The van der Waals surface area contributed by atoms with Crippen LogP contribution in [0.5, 0.6) is 5.75 Å². The van der Waals surface area contributed by atoms with Gasteiger partial charge in [-0.05, 0) is 48.5 Å². The number of halogens is 2. The number of hydrogen-bond donors (Lipinski definition) is 0. The Kier molecular flexibility index (Phi) is 4.80. The summed E-state index contributed by atoms with van der Waals surface area (Å²) < 4.78 is 5.53. The molecule has 0 spiro atoms. The average Bonchev–Trinajstić information content (AvgIpc) is 2.69. The maximum Gasteiger partial charge on any atom is 0.344 e. The standard InChI is InChI=1S/C22H13Cl2NO2/c23-15-7-5-14(6-8-15)21-13-19(18-3-1-2-4-20(18)25-21)22(26)27-17-11-9-16(24)10-12-17/h1-13H. The van der Waals surface area contributed by atoms with Gasteiger partial charge < -0.3 is 4.74 Å². The molecular weight excluding hydrogens is 381 g/mol. The molecule has 0 aliphatic carbocycles. The van der Waals surface area contributed by atoms with Crippen molar-refractivity contribution in [2.45, 2.75) is 0 Å². The Morgan fingerprint density at radius 2 is 1.44 bits per heavy atom. The molecule has 0 fully saturated rings. The summed E-state index contributed by atoms with van der Waals surface area (Å²) in [7, 11) is 0. The molecule has 0 N–H and O–H groups in total. The molecular formula is C22H13Cl2NO2. The van der Waals surface area contributed by atoms with Crippen LogP contribution in [0.4, 0.5) is 0 Å². The van der Waals surface area contributed by atoms with Crippen molar-refractivity contribution in [1.82, 2.24) is 4.98 Å². The lowest BCUT2D eigenvalue weighted by Gasteiger charge is -2.10. The van der Waals surface area contributed by atoms with E-state index >= 15 is 0 Å². The van der Waals surface area contributed by atoms with E-state index < -0.39 is 5.97 Å². The number of aromatic nitrogens is 1. The fraction of sp³-hybridized carbons (Fsp3) is 0. The number of carbonyl (C=O) groups excluding carboxylic acids is 1. The highest BCUT2D eigenvalue weighted by molar-refractivity contribution is 6.30. The molecule has 4 aromatic rings. The number of hydrogen-bond acceptors (Lipinski definition) is 3. The first-order valence-corrected chi connectivity index (χ1v) is 8.99. The fourth-order valence-electron chi connectivity index (χ4n) is 2.78. The highest BCUT2D eigenvalue weighted by atomic mass is 35.5. The van der Waals surface area contributed by atoms with Crippen LogP contribution < -0.4 is 4.74 Å². The fourth-order valence-corrected chi connectivity index (χ4v) is 3.03. The number of pyridine rings is 1. The van der Waals surface area contributed by atoms with Crippen molar-refractivity contribution < 1.29 is 9.53 Å². The van der Waals surface area contributed by atoms with Crippen LogP contribution in [0.15, 0.2) is 78.9 Å². The summed E-state index contributed by atoms with van der Waals surface area (Å²) in [4.78, 5) is 17.5. The second-order valence-corrected chi connectivity index (χ2v) is 6.80. The molecule has 0 bridgehead atoms. The monoisotopic (exact) mass is 393 g/mol. The minimum atomic E-state index is -0.453. The maximum atomic E-state index is 12.8. The number of esters is 1. The third-order valence-corrected chi connectivity index (χ3v) is 4.60. The lowest BCUT2D eigenvalue weighted by atomic mass is 10.0. The second kappa shape index (κ2) is 7.39. The third kappa shape index (κ3) is 3.80. The van der Waals surface area contributed by atoms with E-state index in [-0.39, 0.29) is 0 Å². The molecule has 132 valence electrons. The number of rotatable bonds is 3. The zero-order valence-corrected chi connectivity index (χ0v) is 15.5. The lowest BCUT2D eigenvalue weighted by molar-refractivity contribution is 0.0737. The zero-order valence-electron chi connectivity index (χ0n) is 14.0. The van der Waals surface area contributed by atoms with Crippen molar-refractivity contribution in [3.05, 3.63) is 94.5 Å². The summed E-state index contributed by atoms with van der Waals surface area (Å²) in [6.45, 7) is 0. The Balaban J connectivity index is 1.79. The SMILES string of the molecule is O=C(Oc1ccc(Cl)cc1)c1cc(-c2ccc(Cl)cc2)nc2ccccc12. The van der Waals surface area contributed by atoms with Gasteiger partial charge in [0.05, 0.1) is 16.8 Å². The van der Waals surface area contributed by atoms with Crippen molar-refractivity contribution in [3.8, 4) is 17.0 Å². The Bertz CT molecular complexity index is 1120. The summed E-state index contributed by atoms with van der Waals surface area (Å²) in [5.74, 6) is -0.0236. The van der Waals surface area contributed by atoms with Gasteiger partial charge in [0.2, 0.25) is 0 Å². The van der Waals surface area contributed by atoms with E-state index in [0.29, 0.717) is 32.6 Å². The number of benzene rings is 3. The molecule has 4 rings (SSSR count). The smallest absolute Gasteiger partial charge is 0.344 e. The first-order chi connectivity index (χ1) is 13.1. The van der Waals surface area contributed by atoms with Crippen LogP contribution in [0, 0.1) is 0 Å². The highest BCUT2D eigenvalue weighted by Gasteiger charge is 2.16. The summed E-state index contributed by atoms with van der Waals surface area (Å²) in [6.07, 6.45) is 0. The second-order valence-electron chi connectivity index (χ2n) is 5.92. The van der Waals surface area contributed by atoms with Gasteiger partial charge in [0.15, 0.2) is 0 Å². The molecule has 3 nitrogen and oxygen atoms in total. The minimum Gasteiger partial charge on any atom is -0.423 e. The Labute approximate surface area is 166 Å². The molecule has 0 saturated heterocycles. The normalized spacial score (nSPS) is 10.7. The van der Waals surface area contributed by atoms with Gasteiger partial charge in [-0.3, -0.25) is 0 Å². The van der Waals surface area contributed by atoms with E-state index in [1.54, 1.807) is 42.5 Å². The molecule has 0 unspecified atom stereocenters. The zero-order chi connectivity index (χ0) is 18.8. The van der Waals surface area contributed by atoms with E-state index in [2.05, 4.69) is 4.98 Å². The van der Waals surface area contributed by atoms with Crippen LogP contribution >= 0.6 is 23.2 Å². The third-order valence-electron chi connectivity index (χ3n) is 4.10. The van der Waals surface area contributed by atoms with Gasteiger partial charge >= 0.3 is 5.97 Å². The van der Waals surface area contributed by atoms with E-state index in [1.807, 2.05) is 36.4 Å². The van der Waals surface area contributed by atoms with Crippen LogP contribution in [0.25, 0.3) is 22.2 Å². The van der Waals surface area contributed by atoms with Gasteiger partial charge in [0.1, 0.15) is 5.75 Å². The van der Waals surface area contributed by atoms with Gasteiger partial charge in [-0.1, -0.05) is 53.5 Å². The largest absolute Gasteiger partial charge is 0.423 e. The molecule has 0 radical (unpaired) electrons. The Hall–Kier alpha value is -2.88. The highest BCUT2D eigenvalue weighted by Crippen LogP contribution is 2.27. The first kappa shape index (κ1) is 17.5. The molecule has 3 aromatic carbocycles. The van der Waals surface area contributed by atoms with Crippen molar-refractivity contribution in [3.63, 3.8) is 0 Å². The number of para-hydroxylation sites is 1. The predicted octanol–water partition coefficient (Wildman–Crippen LogP) is 6.43. The van der Waals surface area contributed by atoms with E-state index in [4.69, 9.17) is 27.9 Å². The van der Waals surface area contributed by atoms with Crippen LogP contribution in [0.2, 0.25) is 10.0 Å². The lowest BCUT2D eigenvalue weighted by Crippen LogP contribution is -2.10. The number of fused-ring (bicyclic) bond motifs is 1. The molecule has 1 aromatic heterocycles. The molecule has 27 heavy (non-hydrogen) atoms. The summed E-state index contributed by atoms with van der Waals surface area (Å²) in [5.41, 5.74) is 2.70. The molecule has 1 heterocycles. The van der Waals surface area contributed by atoms with Crippen LogP contribution in [-0.4, -0.2) is 11.0 Å². The van der Waals surface area contributed by atoms with E-state index in [1.165, 1.54) is 0 Å². The van der Waals surface area contributed by atoms with Gasteiger partial charge in [-0.25, -0.2) is 9.78 Å². The van der Waals surface area contributed by atoms with Gasteiger partial charge in [0, 0.05) is 21.0 Å². The van der Waals surface area contributed by atoms with Crippen molar-refractivity contribution in [2.24, 2.45) is 0 Å². The van der Waals surface area contributed by atoms with Crippen LogP contribution in [0.1, 0.15) is 10.4 Å². The minimum absolute atomic E-state index is 0.429. The maximum absolute atomic E-state index is 12.8. The van der Waals surface area contributed by atoms with Gasteiger partial charge in [0.25, 0.3) is 0 Å². The first-order valence-electron chi connectivity index (χ1n) is 8.23. The van der Waals surface area contributed by atoms with Crippen molar-refractivity contribution in [2.75, 3.05) is 0 Å². The molecule has 0 atom stereocenters. The molecule has 0 aliphatic rings. The summed E-state index contributed by atoms with van der Waals surface area (Å²) in [6, 6.07) is 23.2. The van der Waals surface area contributed by atoms with Gasteiger partial charge in [-0.15, -0.1) is 0 Å². The van der Waals surface area contributed by atoms with Crippen LogP contribution in [0.3, 0.4) is 0 Å². The van der Waals surface area contributed by atoms with Crippen LogP contribution in [-0.2, 0) is 0 Å². The predicted molar refractivity (Wildman–Crippen MR) is 109 cm³/mol. The molecule has 0 aliphatic heterocycles. The van der Waals surface area contributed by atoms with Gasteiger partial charge in [-0.2, -0.15) is 0 Å². The van der Waals surface area contributed by atoms with E-state index in [9.17, 15) is 4.79 Å². The molecule has 5 heteroatoms. The molecule has 0 amide bonds. The van der Waals surface area contributed by atoms with Crippen molar-refractivity contribution in [1.29, 1.82) is 0 Å². The Morgan fingerprint density at radius 1 is 0.815 bits per heavy atom. The average molecular weight is 394 g/mol. The van der Waals surface area contributed by atoms with Crippen molar-refractivity contribution >= 4 is 40.1 Å². The molecule has 0 saturated carbocycles. The number of nitrogens with zero attached hydrogens (tertiary/aromatic N) is 1. The number of ether oxygens (including phenoxy) is 1. The number of carbonyl (C=O) groups is 1. The quantitative estimate of drug-likeness (QED) is 0.297. The topological polar surface area (TPSA) is 39.2 Å². The summed E-state index contributed by atoms with van der Waals surface area (Å²) in [5, 5.41) is 1.95. The van der Waals surface area contributed by atoms with E-state index in [0.717, 1.165) is 10.9 Å². The summed E-state index contributed by atoms with van der Waals surface area (Å²) >= 11 is 11.9. The Morgan fingerprint density at radius 3 is 2.15 bits per heavy atom.